The Kier molecular flexibility index (Phi) is 3.22. The molecular weight excluding hydrogens is 254 g/mol. The Morgan fingerprint density at radius 1 is 1.22 bits per heavy atom. The fourth-order valence-electron chi connectivity index (χ4n) is 2.83. The lowest BCUT2D eigenvalue weighted by molar-refractivity contribution is -0.00932. The topological polar surface area (TPSA) is 77.2 Å². The van der Waals surface area contributed by atoms with E-state index in [2.05, 4.69) is 19.9 Å². The SMILES string of the molecule is Nc1nc(Cl)nc(N2CCOC3CCCCC32)n1. The fraction of sp³-hybridized carbons (Fsp3) is 0.727. The summed E-state index contributed by atoms with van der Waals surface area (Å²) in [6.07, 6.45) is 4.94. The molecule has 1 aromatic rings. The van der Waals surface area contributed by atoms with Gasteiger partial charge in [-0.15, -0.1) is 0 Å². The Balaban J connectivity index is 1.89. The minimum atomic E-state index is 0.149. The lowest BCUT2D eigenvalue weighted by atomic mass is 9.90. The third-order valence-electron chi connectivity index (χ3n) is 3.60. The number of rotatable bonds is 1. The molecule has 0 radical (unpaired) electrons. The van der Waals surface area contributed by atoms with Crippen molar-refractivity contribution >= 4 is 23.5 Å². The lowest BCUT2D eigenvalue weighted by Gasteiger charge is -2.43. The van der Waals surface area contributed by atoms with E-state index in [1.165, 1.54) is 12.8 Å². The van der Waals surface area contributed by atoms with Crippen molar-refractivity contribution in [2.24, 2.45) is 0 Å². The van der Waals surface area contributed by atoms with Gasteiger partial charge in [0.05, 0.1) is 18.8 Å². The molecule has 7 heteroatoms. The third-order valence-corrected chi connectivity index (χ3v) is 3.77. The van der Waals surface area contributed by atoms with Gasteiger partial charge in [0.25, 0.3) is 0 Å². The van der Waals surface area contributed by atoms with Gasteiger partial charge >= 0.3 is 0 Å². The maximum absolute atomic E-state index is 5.84. The summed E-state index contributed by atoms with van der Waals surface area (Å²) >= 11 is 5.84. The summed E-state index contributed by atoms with van der Waals surface area (Å²) in [6, 6.07) is 0.338. The van der Waals surface area contributed by atoms with Crippen LogP contribution in [0.15, 0.2) is 0 Å². The van der Waals surface area contributed by atoms with Crippen LogP contribution in [0.5, 0.6) is 0 Å². The third kappa shape index (κ3) is 2.22. The summed E-state index contributed by atoms with van der Waals surface area (Å²) in [5.74, 6) is 0.747. The molecule has 0 spiro atoms. The van der Waals surface area contributed by atoms with Crippen LogP contribution in [0.25, 0.3) is 0 Å². The molecule has 0 aromatic carbocycles. The van der Waals surface area contributed by atoms with Crippen molar-refractivity contribution in [2.45, 2.75) is 37.8 Å². The van der Waals surface area contributed by atoms with E-state index >= 15 is 0 Å². The number of halogens is 1. The number of ether oxygens (including phenoxy) is 1. The van der Waals surface area contributed by atoms with Gasteiger partial charge in [-0.05, 0) is 24.4 Å². The number of hydrogen-bond donors (Lipinski definition) is 1. The predicted molar refractivity (Wildman–Crippen MR) is 68.6 cm³/mol. The van der Waals surface area contributed by atoms with Gasteiger partial charge in [-0.2, -0.15) is 15.0 Å². The zero-order chi connectivity index (χ0) is 12.5. The van der Waals surface area contributed by atoms with Crippen LogP contribution in [0.4, 0.5) is 11.9 Å². The summed E-state index contributed by atoms with van der Waals surface area (Å²) < 4.78 is 5.82. The van der Waals surface area contributed by atoms with Crippen LogP contribution in [0, 0.1) is 0 Å². The van der Waals surface area contributed by atoms with E-state index in [-0.39, 0.29) is 17.3 Å². The Bertz CT molecular complexity index is 421. The molecule has 2 heterocycles. The minimum Gasteiger partial charge on any atom is -0.374 e. The van der Waals surface area contributed by atoms with Gasteiger partial charge in [-0.1, -0.05) is 12.8 Å². The normalized spacial score (nSPS) is 27.9. The standard InChI is InChI=1S/C11H16ClN5O/c12-9-14-10(13)16-11(15-9)17-5-6-18-8-4-2-1-3-7(8)17/h7-8H,1-6H2,(H2,13,14,15,16). The molecule has 98 valence electrons. The second kappa shape index (κ2) is 4.85. The zero-order valence-corrected chi connectivity index (χ0v) is 10.8. The molecular formula is C11H16ClN5O. The average Bonchev–Trinajstić information content (AvgIpc) is 2.37. The molecule has 1 aliphatic heterocycles. The highest BCUT2D eigenvalue weighted by Gasteiger charge is 2.35. The van der Waals surface area contributed by atoms with Crippen molar-refractivity contribution in [1.29, 1.82) is 0 Å². The first kappa shape index (κ1) is 11.9. The number of nitrogens with two attached hydrogens (primary N) is 1. The van der Waals surface area contributed by atoms with Crippen molar-refractivity contribution in [3.63, 3.8) is 0 Å². The first-order valence-electron chi connectivity index (χ1n) is 6.29. The summed E-state index contributed by atoms with van der Waals surface area (Å²) in [4.78, 5) is 14.3. The molecule has 1 aliphatic carbocycles. The summed E-state index contributed by atoms with van der Waals surface area (Å²) in [5, 5.41) is 0.149. The van der Waals surface area contributed by atoms with E-state index in [1.54, 1.807) is 0 Å². The van der Waals surface area contributed by atoms with Gasteiger partial charge in [0.2, 0.25) is 17.2 Å². The molecule has 6 nitrogen and oxygen atoms in total. The molecule has 18 heavy (non-hydrogen) atoms. The van der Waals surface area contributed by atoms with E-state index < -0.39 is 0 Å². The maximum atomic E-state index is 5.84. The van der Waals surface area contributed by atoms with Crippen molar-refractivity contribution in [1.82, 2.24) is 15.0 Å². The van der Waals surface area contributed by atoms with Gasteiger partial charge in [0.15, 0.2) is 0 Å². The number of anilines is 2. The van der Waals surface area contributed by atoms with Crippen LogP contribution in [-0.4, -0.2) is 40.2 Å². The van der Waals surface area contributed by atoms with E-state index in [0.29, 0.717) is 18.6 Å². The van der Waals surface area contributed by atoms with Crippen LogP contribution >= 0.6 is 11.6 Å². The highest BCUT2D eigenvalue weighted by atomic mass is 35.5. The van der Waals surface area contributed by atoms with Crippen molar-refractivity contribution in [3.8, 4) is 0 Å². The van der Waals surface area contributed by atoms with E-state index in [4.69, 9.17) is 22.1 Å². The molecule has 2 fully saturated rings. The Hall–Kier alpha value is -1.14. The second-order valence-electron chi connectivity index (χ2n) is 4.72. The summed E-state index contributed by atoms with van der Waals surface area (Å²) in [6.45, 7) is 1.48. The van der Waals surface area contributed by atoms with Gasteiger partial charge in [0.1, 0.15) is 0 Å². The van der Waals surface area contributed by atoms with Crippen LogP contribution in [0.2, 0.25) is 5.28 Å². The molecule has 2 aliphatic rings. The molecule has 2 unspecified atom stereocenters. The first-order valence-corrected chi connectivity index (χ1v) is 6.67. The molecule has 1 saturated heterocycles. The number of nitrogen functional groups attached to an aromatic ring is 1. The minimum absolute atomic E-state index is 0.149. The average molecular weight is 270 g/mol. The van der Waals surface area contributed by atoms with E-state index in [9.17, 15) is 0 Å². The Morgan fingerprint density at radius 2 is 2.06 bits per heavy atom. The fourth-order valence-corrected chi connectivity index (χ4v) is 2.99. The number of hydrogen-bond acceptors (Lipinski definition) is 6. The van der Waals surface area contributed by atoms with Gasteiger partial charge in [-0.25, -0.2) is 0 Å². The van der Waals surface area contributed by atoms with Crippen LogP contribution in [0.3, 0.4) is 0 Å². The van der Waals surface area contributed by atoms with Gasteiger partial charge < -0.3 is 15.4 Å². The smallest absolute Gasteiger partial charge is 0.231 e. The lowest BCUT2D eigenvalue weighted by Crippen LogP contribution is -2.53. The number of aromatic nitrogens is 3. The maximum Gasteiger partial charge on any atom is 0.231 e. The molecule has 2 atom stereocenters. The Morgan fingerprint density at radius 3 is 2.89 bits per heavy atom. The van der Waals surface area contributed by atoms with Crippen LogP contribution < -0.4 is 10.6 Å². The molecule has 0 bridgehead atoms. The zero-order valence-electron chi connectivity index (χ0n) is 10.0. The highest BCUT2D eigenvalue weighted by Crippen LogP contribution is 2.30. The first-order chi connectivity index (χ1) is 8.74. The molecule has 3 rings (SSSR count). The second-order valence-corrected chi connectivity index (χ2v) is 5.06. The summed E-state index contributed by atoms with van der Waals surface area (Å²) in [7, 11) is 0. The molecule has 2 N–H and O–H groups in total. The number of nitrogens with zero attached hydrogens (tertiary/aromatic N) is 4. The van der Waals surface area contributed by atoms with Crippen molar-refractivity contribution in [2.75, 3.05) is 23.8 Å². The quantitative estimate of drug-likeness (QED) is 0.827. The van der Waals surface area contributed by atoms with E-state index in [1.807, 2.05) is 0 Å². The van der Waals surface area contributed by atoms with Crippen molar-refractivity contribution in [3.05, 3.63) is 5.28 Å². The van der Waals surface area contributed by atoms with Crippen LogP contribution in [0.1, 0.15) is 25.7 Å². The molecule has 1 saturated carbocycles. The molecule has 0 amide bonds. The van der Waals surface area contributed by atoms with E-state index in [0.717, 1.165) is 19.4 Å². The van der Waals surface area contributed by atoms with Crippen LogP contribution in [-0.2, 0) is 4.74 Å². The largest absolute Gasteiger partial charge is 0.374 e. The highest BCUT2D eigenvalue weighted by molar-refractivity contribution is 6.28. The Labute approximate surface area is 111 Å². The molecule has 1 aromatic heterocycles. The summed E-state index contributed by atoms with van der Waals surface area (Å²) in [5.41, 5.74) is 5.63. The number of morpholine rings is 1. The predicted octanol–water partition coefficient (Wildman–Crippen LogP) is 1.25. The van der Waals surface area contributed by atoms with Gasteiger partial charge in [-0.3, -0.25) is 0 Å². The van der Waals surface area contributed by atoms with Gasteiger partial charge in [0, 0.05) is 6.54 Å². The van der Waals surface area contributed by atoms with Crippen molar-refractivity contribution < 1.29 is 4.74 Å². The number of fused-ring (bicyclic) bond motifs is 1. The monoisotopic (exact) mass is 269 g/mol.